The predicted molar refractivity (Wildman–Crippen MR) is 85.7 cm³/mol. The van der Waals surface area contributed by atoms with E-state index in [9.17, 15) is 9.50 Å². The second-order valence-electron chi connectivity index (χ2n) is 5.53. The molecule has 2 rings (SSSR count). The Kier molecular flexibility index (Phi) is 5.92. The summed E-state index contributed by atoms with van der Waals surface area (Å²) in [4.78, 5) is 2.08. The molecular weight excluding hydrogens is 281 g/mol. The van der Waals surface area contributed by atoms with Crippen LogP contribution in [-0.4, -0.2) is 30.6 Å². The van der Waals surface area contributed by atoms with Gasteiger partial charge < -0.3 is 14.7 Å². The van der Waals surface area contributed by atoms with Crippen LogP contribution in [0.2, 0.25) is 0 Å². The van der Waals surface area contributed by atoms with Crippen molar-refractivity contribution in [3.05, 3.63) is 59.9 Å². The van der Waals surface area contributed by atoms with E-state index in [1.807, 2.05) is 32.3 Å². The molecule has 22 heavy (non-hydrogen) atoms. The van der Waals surface area contributed by atoms with Gasteiger partial charge in [-0.1, -0.05) is 30.3 Å². The minimum atomic E-state index is -0.622. The summed E-state index contributed by atoms with van der Waals surface area (Å²) in [6, 6.07) is 13.5. The molecule has 0 aliphatic carbocycles. The Balaban J connectivity index is 2.11. The Hall–Kier alpha value is -1.91. The minimum Gasteiger partial charge on any atom is -0.454 e. The molecule has 1 atom stereocenters. The van der Waals surface area contributed by atoms with E-state index in [1.165, 1.54) is 6.07 Å². The van der Waals surface area contributed by atoms with Gasteiger partial charge in [-0.3, -0.25) is 0 Å². The molecule has 0 saturated carbocycles. The van der Waals surface area contributed by atoms with Gasteiger partial charge in [0.25, 0.3) is 0 Å². The lowest BCUT2D eigenvalue weighted by Gasteiger charge is -2.17. The van der Waals surface area contributed by atoms with Crippen molar-refractivity contribution in [3.8, 4) is 11.5 Å². The number of ether oxygens (including phenoxy) is 1. The van der Waals surface area contributed by atoms with E-state index < -0.39 is 11.9 Å². The van der Waals surface area contributed by atoms with Gasteiger partial charge in [-0.2, -0.15) is 0 Å². The summed E-state index contributed by atoms with van der Waals surface area (Å²) < 4.78 is 19.3. The molecule has 0 aliphatic rings. The van der Waals surface area contributed by atoms with Gasteiger partial charge >= 0.3 is 0 Å². The van der Waals surface area contributed by atoms with Gasteiger partial charge in [-0.05, 0) is 51.7 Å². The number of halogens is 1. The molecule has 0 radical (unpaired) electrons. The van der Waals surface area contributed by atoms with Crippen LogP contribution in [0, 0.1) is 5.82 Å². The van der Waals surface area contributed by atoms with Crippen LogP contribution in [0.5, 0.6) is 11.5 Å². The fourth-order valence-corrected chi connectivity index (χ4v) is 2.25. The van der Waals surface area contributed by atoms with Gasteiger partial charge in [0.2, 0.25) is 0 Å². The highest BCUT2D eigenvalue weighted by atomic mass is 19.1. The Morgan fingerprint density at radius 3 is 2.36 bits per heavy atom. The molecule has 0 spiro atoms. The van der Waals surface area contributed by atoms with E-state index in [2.05, 4.69) is 4.90 Å². The third-order valence-electron chi connectivity index (χ3n) is 3.42. The molecule has 4 heteroatoms. The quantitative estimate of drug-likeness (QED) is 0.839. The van der Waals surface area contributed by atoms with E-state index in [0.717, 1.165) is 13.0 Å². The summed E-state index contributed by atoms with van der Waals surface area (Å²) in [5, 5.41) is 10.4. The molecule has 0 fully saturated rings. The largest absolute Gasteiger partial charge is 0.454 e. The summed E-state index contributed by atoms with van der Waals surface area (Å²) in [5.74, 6) is 0.236. The number of nitrogens with zero attached hydrogens (tertiary/aromatic N) is 1. The zero-order chi connectivity index (χ0) is 15.9. The van der Waals surface area contributed by atoms with Crippen molar-refractivity contribution < 1.29 is 14.2 Å². The minimum absolute atomic E-state index is 0.162. The highest BCUT2D eigenvalue weighted by Crippen LogP contribution is 2.32. The van der Waals surface area contributed by atoms with E-state index in [-0.39, 0.29) is 5.75 Å². The number of aliphatic hydroxyl groups is 1. The van der Waals surface area contributed by atoms with Gasteiger partial charge in [0.15, 0.2) is 11.6 Å². The van der Waals surface area contributed by atoms with Crippen LogP contribution < -0.4 is 4.74 Å². The molecule has 0 aromatic heterocycles. The number of rotatable bonds is 7. The van der Waals surface area contributed by atoms with Crippen molar-refractivity contribution in [1.29, 1.82) is 0 Å². The van der Waals surface area contributed by atoms with Gasteiger partial charge in [0.05, 0.1) is 6.10 Å². The van der Waals surface area contributed by atoms with E-state index >= 15 is 0 Å². The van der Waals surface area contributed by atoms with E-state index in [1.54, 1.807) is 24.3 Å². The molecule has 0 bridgehead atoms. The molecule has 0 aliphatic heterocycles. The SMILES string of the molecule is CN(C)CCCC(O)c1ccccc1Oc1ccccc1F. The fourth-order valence-electron chi connectivity index (χ4n) is 2.25. The van der Waals surface area contributed by atoms with Crippen LogP contribution >= 0.6 is 0 Å². The fraction of sp³-hybridized carbons (Fsp3) is 0.333. The molecule has 1 unspecified atom stereocenters. The van der Waals surface area contributed by atoms with Crippen LogP contribution in [0.15, 0.2) is 48.5 Å². The van der Waals surface area contributed by atoms with Crippen LogP contribution in [0.25, 0.3) is 0 Å². The lowest BCUT2D eigenvalue weighted by atomic mass is 10.0. The summed E-state index contributed by atoms with van der Waals surface area (Å²) in [6.07, 6.45) is 0.890. The lowest BCUT2D eigenvalue weighted by molar-refractivity contribution is 0.157. The van der Waals surface area contributed by atoms with Crippen LogP contribution in [-0.2, 0) is 0 Å². The summed E-state index contributed by atoms with van der Waals surface area (Å²) in [6.45, 7) is 0.910. The topological polar surface area (TPSA) is 32.7 Å². The average molecular weight is 303 g/mol. The van der Waals surface area contributed by atoms with Crippen molar-refractivity contribution in [2.45, 2.75) is 18.9 Å². The number of para-hydroxylation sites is 2. The molecule has 0 heterocycles. The van der Waals surface area contributed by atoms with Gasteiger partial charge in [-0.25, -0.2) is 4.39 Å². The zero-order valence-corrected chi connectivity index (χ0v) is 13.0. The van der Waals surface area contributed by atoms with Crippen LogP contribution in [0.4, 0.5) is 4.39 Å². The molecule has 0 amide bonds. The number of hydrogen-bond donors (Lipinski definition) is 1. The van der Waals surface area contributed by atoms with Crippen molar-refractivity contribution >= 4 is 0 Å². The molecule has 2 aromatic rings. The zero-order valence-electron chi connectivity index (χ0n) is 13.0. The molecule has 0 saturated heterocycles. The lowest BCUT2D eigenvalue weighted by Crippen LogP contribution is -2.14. The number of benzene rings is 2. The van der Waals surface area contributed by atoms with Crippen molar-refractivity contribution in [3.63, 3.8) is 0 Å². The molecule has 2 aromatic carbocycles. The standard InChI is InChI=1S/C18H22FNO2/c1-20(2)13-7-10-16(21)14-8-3-5-11-17(14)22-18-12-6-4-9-15(18)19/h3-6,8-9,11-12,16,21H,7,10,13H2,1-2H3. The predicted octanol–water partition coefficient (Wildman–Crippen LogP) is 3.99. The third-order valence-corrected chi connectivity index (χ3v) is 3.42. The normalized spacial score (nSPS) is 12.4. The van der Waals surface area contributed by atoms with Crippen LogP contribution in [0.3, 0.4) is 0 Å². The molecular formula is C18H22FNO2. The first-order chi connectivity index (χ1) is 10.6. The molecule has 118 valence electrons. The van der Waals surface area contributed by atoms with Gasteiger partial charge in [-0.15, -0.1) is 0 Å². The summed E-state index contributed by atoms with van der Waals surface area (Å²) in [5.41, 5.74) is 0.685. The number of hydrogen-bond acceptors (Lipinski definition) is 3. The Morgan fingerprint density at radius 1 is 1.05 bits per heavy atom. The van der Waals surface area contributed by atoms with Crippen molar-refractivity contribution in [1.82, 2.24) is 4.90 Å². The van der Waals surface area contributed by atoms with E-state index in [4.69, 9.17) is 4.74 Å². The summed E-state index contributed by atoms with van der Waals surface area (Å²) in [7, 11) is 4.00. The first-order valence-electron chi connectivity index (χ1n) is 7.42. The maximum atomic E-state index is 13.7. The Morgan fingerprint density at radius 2 is 1.68 bits per heavy atom. The maximum absolute atomic E-state index is 13.7. The molecule has 1 N–H and O–H groups in total. The molecule has 3 nitrogen and oxygen atoms in total. The second kappa shape index (κ2) is 7.92. The Bertz CT molecular complexity index is 601. The smallest absolute Gasteiger partial charge is 0.165 e. The van der Waals surface area contributed by atoms with Gasteiger partial charge in [0, 0.05) is 5.56 Å². The first-order valence-corrected chi connectivity index (χ1v) is 7.42. The van der Waals surface area contributed by atoms with Crippen molar-refractivity contribution in [2.75, 3.05) is 20.6 Å². The highest BCUT2D eigenvalue weighted by Gasteiger charge is 2.14. The highest BCUT2D eigenvalue weighted by molar-refractivity contribution is 5.39. The average Bonchev–Trinajstić information content (AvgIpc) is 2.49. The monoisotopic (exact) mass is 303 g/mol. The maximum Gasteiger partial charge on any atom is 0.165 e. The number of aliphatic hydroxyl groups excluding tert-OH is 1. The Labute approximate surface area is 131 Å². The van der Waals surface area contributed by atoms with Crippen molar-refractivity contribution in [2.24, 2.45) is 0 Å². The first kappa shape index (κ1) is 16.5. The van der Waals surface area contributed by atoms with Crippen LogP contribution in [0.1, 0.15) is 24.5 Å². The van der Waals surface area contributed by atoms with E-state index in [0.29, 0.717) is 17.7 Å². The second-order valence-corrected chi connectivity index (χ2v) is 5.53. The summed E-state index contributed by atoms with van der Waals surface area (Å²) >= 11 is 0. The third kappa shape index (κ3) is 4.55. The van der Waals surface area contributed by atoms with Gasteiger partial charge in [0.1, 0.15) is 5.75 Å².